The van der Waals surface area contributed by atoms with Crippen molar-refractivity contribution in [3.05, 3.63) is 66.4 Å². The van der Waals surface area contributed by atoms with Crippen molar-refractivity contribution >= 4 is 11.6 Å². The van der Waals surface area contributed by atoms with E-state index in [4.69, 9.17) is 9.26 Å². The van der Waals surface area contributed by atoms with Crippen LogP contribution in [0, 0.1) is 0 Å². The molecule has 0 aliphatic carbocycles. The van der Waals surface area contributed by atoms with Crippen molar-refractivity contribution < 1.29 is 14.1 Å². The topological polar surface area (TPSA) is 64.4 Å². The lowest BCUT2D eigenvalue weighted by Gasteiger charge is -2.04. The highest BCUT2D eigenvalue weighted by Gasteiger charge is 2.14. The first-order valence-corrected chi connectivity index (χ1v) is 6.74. The third-order valence-corrected chi connectivity index (χ3v) is 3.13. The van der Waals surface area contributed by atoms with Crippen molar-refractivity contribution in [1.29, 1.82) is 0 Å². The van der Waals surface area contributed by atoms with E-state index in [1.54, 1.807) is 37.4 Å². The average Bonchev–Trinajstić information content (AvgIpc) is 3.06. The van der Waals surface area contributed by atoms with Crippen LogP contribution in [0.25, 0.3) is 11.3 Å². The Morgan fingerprint density at radius 3 is 2.68 bits per heavy atom. The SMILES string of the molecule is COc1cccc(NC(=O)c2cc(-c3ccccc3)no2)c1. The quantitative estimate of drug-likeness (QED) is 0.798. The molecule has 110 valence electrons. The Morgan fingerprint density at radius 1 is 1.09 bits per heavy atom. The van der Waals surface area contributed by atoms with Crippen molar-refractivity contribution in [3.8, 4) is 17.0 Å². The summed E-state index contributed by atoms with van der Waals surface area (Å²) in [5.74, 6) is 0.463. The molecule has 3 rings (SSSR count). The summed E-state index contributed by atoms with van der Waals surface area (Å²) in [6.45, 7) is 0. The van der Waals surface area contributed by atoms with Gasteiger partial charge in [-0.3, -0.25) is 4.79 Å². The molecule has 0 unspecified atom stereocenters. The maximum atomic E-state index is 12.2. The number of hydrogen-bond acceptors (Lipinski definition) is 4. The van der Waals surface area contributed by atoms with Gasteiger partial charge in [-0.2, -0.15) is 0 Å². The summed E-state index contributed by atoms with van der Waals surface area (Å²) in [5.41, 5.74) is 2.14. The number of carbonyl (C=O) groups is 1. The van der Waals surface area contributed by atoms with Gasteiger partial charge < -0.3 is 14.6 Å². The van der Waals surface area contributed by atoms with Crippen LogP contribution in [0.4, 0.5) is 5.69 Å². The van der Waals surface area contributed by atoms with Crippen LogP contribution in [-0.2, 0) is 0 Å². The highest BCUT2D eigenvalue weighted by atomic mass is 16.5. The Balaban J connectivity index is 1.77. The summed E-state index contributed by atoms with van der Waals surface area (Å²) in [4.78, 5) is 12.2. The lowest BCUT2D eigenvalue weighted by molar-refractivity contribution is 0.0988. The molecule has 0 atom stereocenters. The summed E-state index contributed by atoms with van der Waals surface area (Å²) in [7, 11) is 1.57. The van der Waals surface area contributed by atoms with Crippen LogP contribution >= 0.6 is 0 Å². The first-order chi connectivity index (χ1) is 10.8. The first kappa shape index (κ1) is 13.9. The number of benzene rings is 2. The molecule has 22 heavy (non-hydrogen) atoms. The second-order valence-electron chi connectivity index (χ2n) is 4.63. The number of rotatable bonds is 4. The Bertz CT molecular complexity index is 781. The van der Waals surface area contributed by atoms with Crippen molar-refractivity contribution in [1.82, 2.24) is 5.16 Å². The molecule has 1 amide bonds. The number of amides is 1. The van der Waals surface area contributed by atoms with Gasteiger partial charge in [0.25, 0.3) is 5.91 Å². The van der Waals surface area contributed by atoms with E-state index >= 15 is 0 Å². The number of ether oxygens (including phenoxy) is 1. The van der Waals surface area contributed by atoms with Gasteiger partial charge in [-0.1, -0.05) is 41.6 Å². The van der Waals surface area contributed by atoms with Crippen molar-refractivity contribution in [2.24, 2.45) is 0 Å². The Kier molecular flexibility index (Phi) is 3.87. The molecule has 3 aromatic rings. The largest absolute Gasteiger partial charge is 0.497 e. The van der Waals surface area contributed by atoms with Crippen molar-refractivity contribution in [3.63, 3.8) is 0 Å². The molecule has 0 radical (unpaired) electrons. The van der Waals surface area contributed by atoms with Crippen molar-refractivity contribution in [2.75, 3.05) is 12.4 Å². The minimum absolute atomic E-state index is 0.154. The van der Waals surface area contributed by atoms with Gasteiger partial charge in [-0.05, 0) is 12.1 Å². The van der Waals surface area contributed by atoms with Gasteiger partial charge in [0.2, 0.25) is 5.76 Å². The lowest BCUT2D eigenvalue weighted by atomic mass is 10.1. The second-order valence-corrected chi connectivity index (χ2v) is 4.63. The van der Waals surface area contributed by atoms with E-state index in [9.17, 15) is 4.79 Å². The van der Waals surface area contributed by atoms with Gasteiger partial charge in [0, 0.05) is 23.4 Å². The zero-order valence-corrected chi connectivity index (χ0v) is 11.9. The molecule has 1 heterocycles. The van der Waals surface area contributed by atoms with Crippen LogP contribution < -0.4 is 10.1 Å². The Labute approximate surface area is 127 Å². The lowest BCUT2D eigenvalue weighted by Crippen LogP contribution is -2.10. The second kappa shape index (κ2) is 6.13. The monoisotopic (exact) mass is 294 g/mol. The molecule has 5 heteroatoms. The van der Waals surface area contributed by atoms with Crippen LogP contribution in [0.3, 0.4) is 0 Å². The van der Waals surface area contributed by atoms with Gasteiger partial charge in [-0.25, -0.2) is 0 Å². The molecule has 0 fully saturated rings. The van der Waals surface area contributed by atoms with Gasteiger partial charge >= 0.3 is 0 Å². The standard InChI is InChI=1S/C17H14N2O3/c1-21-14-9-5-8-13(10-14)18-17(20)16-11-15(19-22-16)12-6-3-2-4-7-12/h2-11H,1H3,(H,18,20). The molecule has 1 N–H and O–H groups in total. The summed E-state index contributed by atoms with van der Waals surface area (Å²) < 4.78 is 10.2. The van der Waals surface area contributed by atoms with E-state index in [0.717, 1.165) is 5.56 Å². The smallest absolute Gasteiger partial charge is 0.294 e. The van der Waals surface area contributed by atoms with Gasteiger partial charge in [0.05, 0.1) is 7.11 Å². The number of anilines is 1. The van der Waals surface area contributed by atoms with Gasteiger partial charge in [0.1, 0.15) is 11.4 Å². The number of aromatic nitrogens is 1. The molecule has 2 aromatic carbocycles. The van der Waals surface area contributed by atoms with Gasteiger partial charge in [0.15, 0.2) is 0 Å². The van der Waals surface area contributed by atoms with Gasteiger partial charge in [-0.15, -0.1) is 0 Å². The third kappa shape index (κ3) is 2.98. The van der Waals surface area contributed by atoms with E-state index in [1.807, 2.05) is 30.3 Å². The van der Waals surface area contributed by atoms with Crippen LogP contribution in [0.1, 0.15) is 10.6 Å². The fourth-order valence-corrected chi connectivity index (χ4v) is 2.02. The van der Waals surface area contributed by atoms with Crippen LogP contribution in [0.5, 0.6) is 5.75 Å². The average molecular weight is 294 g/mol. The van der Waals surface area contributed by atoms with E-state index in [1.165, 1.54) is 0 Å². The predicted molar refractivity (Wildman–Crippen MR) is 82.9 cm³/mol. The molecular weight excluding hydrogens is 280 g/mol. The minimum Gasteiger partial charge on any atom is -0.497 e. The number of hydrogen-bond donors (Lipinski definition) is 1. The van der Waals surface area contributed by atoms with E-state index in [-0.39, 0.29) is 11.7 Å². The number of nitrogens with one attached hydrogen (secondary N) is 1. The molecule has 0 saturated carbocycles. The zero-order valence-electron chi connectivity index (χ0n) is 11.9. The Hall–Kier alpha value is -3.08. The molecule has 0 aliphatic heterocycles. The van der Waals surface area contributed by atoms with Crippen LogP contribution in [0.2, 0.25) is 0 Å². The maximum absolute atomic E-state index is 12.2. The summed E-state index contributed by atoms with van der Waals surface area (Å²) in [6.07, 6.45) is 0. The van der Waals surface area contributed by atoms with Crippen LogP contribution in [0.15, 0.2) is 65.2 Å². The summed E-state index contributed by atoms with van der Waals surface area (Å²) in [6, 6.07) is 18.2. The first-order valence-electron chi connectivity index (χ1n) is 6.74. The minimum atomic E-state index is -0.358. The highest BCUT2D eigenvalue weighted by Crippen LogP contribution is 2.20. The number of nitrogens with zero attached hydrogens (tertiary/aromatic N) is 1. The zero-order chi connectivity index (χ0) is 15.4. The maximum Gasteiger partial charge on any atom is 0.294 e. The summed E-state index contributed by atoms with van der Waals surface area (Å²) in [5, 5.41) is 6.67. The third-order valence-electron chi connectivity index (χ3n) is 3.13. The van der Waals surface area contributed by atoms with E-state index < -0.39 is 0 Å². The van der Waals surface area contributed by atoms with E-state index in [0.29, 0.717) is 17.1 Å². The number of methoxy groups -OCH3 is 1. The normalized spacial score (nSPS) is 10.2. The predicted octanol–water partition coefficient (Wildman–Crippen LogP) is 3.60. The fourth-order valence-electron chi connectivity index (χ4n) is 2.02. The van der Waals surface area contributed by atoms with Crippen LogP contribution in [-0.4, -0.2) is 18.2 Å². The molecule has 0 saturated heterocycles. The number of carbonyl (C=O) groups excluding carboxylic acids is 1. The molecular formula is C17H14N2O3. The molecule has 0 aliphatic rings. The molecule has 0 spiro atoms. The molecule has 1 aromatic heterocycles. The fraction of sp³-hybridized carbons (Fsp3) is 0.0588. The van der Waals surface area contributed by atoms with Crippen molar-refractivity contribution in [2.45, 2.75) is 0 Å². The Morgan fingerprint density at radius 2 is 1.91 bits per heavy atom. The van der Waals surface area contributed by atoms with E-state index in [2.05, 4.69) is 10.5 Å². The molecule has 0 bridgehead atoms. The summed E-state index contributed by atoms with van der Waals surface area (Å²) >= 11 is 0. The molecule has 5 nitrogen and oxygen atoms in total. The highest BCUT2D eigenvalue weighted by molar-refractivity contribution is 6.02.